The minimum absolute atomic E-state index is 0.0797. The van der Waals surface area contributed by atoms with Crippen LogP contribution in [-0.2, 0) is 0 Å². The van der Waals surface area contributed by atoms with Crippen molar-refractivity contribution < 1.29 is 4.79 Å². The molecular formula is C27H27N5O. The number of pyridine rings is 2. The van der Waals surface area contributed by atoms with Crippen LogP contribution in [0.2, 0.25) is 0 Å². The maximum absolute atomic E-state index is 14.1. The van der Waals surface area contributed by atoms with E-state index in [9.17, 15) is 4.79 Å². The van der Waals surface area contributed by atoms with Crippen LogP contribution in [0, 0.1) is 13.8 Å². The number of amides is 1. The van der Waals surface area contributed by atoms with Gasteiger partial charge in [0.2, 0.25) is 0 Å². The Kier molecular flexibility index (Phi) is 4.75. The molecule has 2 aliphatic rings. The topological polar surface area (TPSA) is 63.9 Å². The van der Waals surface area contributed by atoms with Gasteiger partial charge in [-0.25, -0.2) is 9.97 Å². The number of likely N-dealkylation sites (tertiary alicyclic amines) is 1. The van der Waals surface area contributed by atoms with Gasteiger partial charge in [-0.1, -0.05) is 35.9 Å². The molecule has 6 nitrogen and oxygen atoms in total. The van der Waals surface area contributed by atoms with Crippen LogP contribution in [0.15, 0.2) is 54.7 Å². The number of aryl methyl sites for hydroxylation is 2. The molecule has 1 saturated heterocycles. The largest absolute Gasteiger partial charge is 0.332 e. The van der Waals surface area contributed by atoms with Gasteiger partial charge in [0.1, 0.15) is 0 Å². The van der Waals surface area contributed by atoms with Crippen LogP contribution in [0.5, 0.6) is 0 Å². The summed E-state index contributed by atoms with van der Waals surface area (Å²) in [5.74, 6) is 1.23. The van der Waals surface area contributed by atoms with Gasteiger partial charge in [-0.2, -0.15) is 9.78 Å². The van der Waals surface area contributed by atoms with E-state index in [1.807, 2.05) is 36.1 Å². The van der Waals surface area contributed by atoms with Crippen molar-refractivity contribution in [2.24, 2.45) is 0 Å². The van der Waals surface area contributed by atoms with Crippen molar-refractivity contribution in [1.82, 2.24) is 24.6 Å². The molecule has 6 heteroatoms. The van der Waals surface area contributed by atoms with E-state index < -0.39 is 0 Å². The normalized spacial score (nSPS) is 18.2. The molecule has 166 valence electrons. The third kappa shape index (κ3) is 3.50. The second kappa shape index (κ2) is 7.80. The van der Waals surface area contributed by atoms with Gasteiger partial charge in [0, 0.05) is 24.4 Å². The molecule has 1 unspecified atom stereocenters. The van der Waals surface area contributed by atoms with Crippen molar-refractivity contribution in [2.45, 2.75) is 51.5 Å². The number of carbonyl (C=O) groups is 1. The van der Waals surface area contributed by atoms with E-state index in [4.69, 9.17) is 10.1 Å². The predicted octanol–water partition coefficient (Wildman–Crippen LogP) is 5.29. The number of aromatic nitrogens is 4. The first kappa shape index (κ1) is 20.1. The second-order valence-electron chi connectivity index (χ2n) is 9.32. The Balaban J connectivity index is 1.48. The molecule has 0 N–H and O–H groups in total. The fourth-order valence-corrected chi connectivity index (χ4v) is 5.00. The van der Waals surface area contributed by atoms with Crippen molar-refractivity contribution in [2.75, 3.05) is 6.54 Å². The van der Waals surface area contributed by atoms with Crippen LogP contribution in [0.25, 0.3) is 16.9 Å². The number of rotatable bonds is 4. The highest BCUT2D eigenvalue weighted by atomic mass is 16.2. The quantitative estimate of drug-likeness (QED) is 0.435. The van der Waals surface area contributed by atoms with Crippen LogP contribution < -0.4 is 0 Å². The molecular weight excluding hydrogens is 410 g/mol. The van der Waals surface area contributed by atoms with E-state index >= 15 is 0 Å². The van der Waals surface area contributed by atoms with Gasteiger partial charge >= 0.3 is 0 Å². The van der Waals surface area contributed by atoms with Crippen LogP contribution in [-0.4, -0.2) is 37.1 Å². The summed E-state index contributed by atoms with van der Waals surface area (Å²) in [7, 11) is 0. The Bertz CT molecular complexity index is 1340. The third-order valence-electron chi connectivity index (χ3n) is 6.90. The molecule has 0 bridgehead atoms. The zero-order valence-corrected chi connectivity index (χ0v) is 19.0. The number of hydrogen-bond donors (Lipinski definition) is 0. The first-order chi connectivity index (χ1) is 16.1. The smallest absolute Gasteiger partial charge is 0.255 e. The molecule has 3 aromatic heterocycles. The summed E-state index contributed by atoms with van der Waals surface area (Å²) in [6.45, 7) is 4.82. The minimum Gasteiger partial charge on any atom is -0.332 e. The minimum atomic E-state index is 0.0797. The lowest BCUT2D eigenvalue weighted by atomic mass is 10.0. The van der Waals surface area contributed by atoms with E-state index in [1.54, 1.807) is 10.9 Å². The Hall–Kier alpha value is -3.54. The Labute approximate surface area is 193 Å². The number of carbonyl (C=O) groups excluding carboxylic acids is 1. The van der Waals surface area contributed by atoms with Crippen molar-refractivity contribution in [1.29, 1.82) is 0 Å². The average Bonchev–Trinajstić information content (AvgIpc) is 3.49. The predicted molar refractivity (Wildman–Crippen MR) is 128 cm³/mol. The fraction of sp³-hybridized carbons (Fsp3) is 0.333. The summed E-state index contributed by atoms with van der Waals surface area (Å²) in [6.07, 6.45) is 6.01. The molecule has 33 heavy (non-hydrogen) atoms. The first-order valence-electron chi connectivity index (χ1n) is 11.8. The number of hydrogen-bond acceptors (Lipinski definition) is 4. The summed E-state index contributed by atoms with van der Waals surface area (Å²) in [4.78, 5) is 25.6. The lowest BCUT2D eigenvalue weighted by Crippen LogP contribution is -2.31. The van der Waals surface area contributed by atoms with Gasteiger partial charge in [-0.15, -0.1) is 0 Å². The van der Waals surface area contributed by atoms with E-state index in [0.717, 1.165) is 60.2 Å². The maximum atomic E-state index is 14.1. The lowest BCUT2D eigenvalue weighted by Gasteiger charge is -2.26. The monoisotopic (exact) mass is 437 g/mol. The molecule has 1 aliphatic heterocycles. The van der Waals surface area contributed by atoms with Crippen LogP contribution in [0.1, 0.15) is 70.5 Å². The molecule has 1 atom stereocenters. The highest BCUT2D eigenvalue weighted by Gasteiger charge is 2.34. The molecule has 2 fully saturated rings. The summed E-state index contributed by atoms with van der Waals surface area (Å²) < 4.78 is 1.79. The Morgan fingerprint density at radius 2 is 1.85 bits per heavy atom. The molecule has 1 aliphatic carbocycles. The highest BCUT2D eigenvalue weighted by molar-refractivity contribution is 6.07. The Morgan fingerprint density at radius 1 is 1.03 bits per heavy atom. The molecule has 0 spiro atoms. The zero-order chi connectivity index (χ0) is 22.5. The van der Waals surface area contributed by atoms with E-state index in [-0.39, 0.29) is 11.9 Å². The molecule has 4 aromatic rings. The SMILES string of the molecule is Cc1ccc(C2CCCN2C(=O)c2cc(C3CC3)nc3c2c(C)nn3-c2ccccn2)cc1. The van der Waals surface area contributed by atoms with E-state index in [1.165, 1.54) is 11.1 Å². The highest BCUT2D eigenvalue weighted by Crippen LogP contribution is 2.41. The molecule has 1 aromatic carbocycles. The van der Waals surface area contributed by atoms with Crippen molar-refractivity contribution in [3.8, 4) is 5.82 Å². The summed E-state index contributed by atoms with van der Waals surface area (Å²) in [6, 6.07) is 16.5. The lowest BCUT2D eigenvalue weighted by molar-refractivity contribution is 0.0737. The van der Waals surface area contributed by atoms with Crippen LogP contribution >= 0.6 is 0 Å². The Morgan fingerprint density at radius 3 is 2.58 bits per heavy atom. The van der Waals surface area contributed by atoms with Gasteiger partial charge in [0.25, 0.3) is 5.91 Å². The molecule has 1 saturated carbocycles. The van der Waals surface area contributed by atoms with Crippen LogP contribution in [0.4, 0.5) is 0 Å². The van der Waals surface area contributed by atoms with Gasteiger partial charge < -0.3 is 4.90 Å². The average molecular weight is 438 g/mol. The van der Waals surface area contributed by atoms with Gasteiger partial charge in [0.15, 0.2) is 11.5 Å². The maximum Gasteiger partial charge on any atom is 0.255 e. The summed E-state index contributed by atoms with van der Waals surface area (Å²) in [5, 5.41) is 5.60. The number of nitrogens with zero attached hydrogens (tertiary/aromatic N) is 5. The van der Waals surface area contributed by atoms with Crippen LogP contribution in [0.3, 0.4) is 0 Å². The standard InChI is InChI=1S/C27H27N5O/c1-17-8-10-20(11-9-17)23-6-5-15-31(23)27(33)21-16-22(19-12-13-19)29-26-25(21)18(2)30-32(26)24-7-3-4-14-28-24/h3-4,7-11,14,16,19,23H,5-6,12-13,15H2,1-2H3. The van der Waals surface area contributed by atoms with Gasteiger partial charge in [0.05, 0.1) is 22.7 Å². The van der Waals surface area contributed by atoms with Crippen molar-refractivity contribution in [3.63, 3.8) is 0 Å². The van der Waals surface area contributed by atoms with Gasteiger partial charge in [-0.3, -0.25) is 4.79 Å². The number of benzene rings is 1. The summed E-state index contributed by atoms with van der Waals surface area (Å²) >= 11 is 0. The van der Waals surface area contributed by atoms with E-state index in [0.29, 0.717) is 11.7 Å². The van der Waals surface area contributed by atoms with E-state index in [2.05, 4.69) is 36.2 Å². The summed E-state index contributed by atoms with van der Waals surface area (Å²) in [5.41, 5.74) is 5.69. The number of fused-ring (bicyclic) bond motifs is 1. The second-order valence-corrected chi connectivity index (χ2v) is 9.32. The molecule has 0 radical (unpaired) electrons. The molecule has 6 rings (SSSR count). The van der Waals surface area contributed by atoms with Crippen molar-refractivity contribution >= 4 is 16.9 Å². The zero-order valence-electron chi connectivity index (χ0n) is 19.0. The van der Waals surface area contributed by atoms with Crippen molar-refractivity contribution in [3.05, 3.63) is 82.8 Å². The first-order valence-corrected chi connectivity index (χ1v) is 11.8. The molecule has 1 amide bonds. The molecule has 4 heterocycles. The van der Waals surface area contributed by atoms with Gasteiger partial charge in [-0.05, 0) is 63.3 Å². The third-order valence-corrected chi connectivity index (χ3v) is 6.90. The fourth-order valence-electron chi connectivity index (χ4n) is 5.00.